The van der Waals surface area contributed by atoms with Gasteiger partial charge in [-0.25, -0.2) is 0 Å². The lowest BCUT2D eigenvalue weighted by molar-refractivity contribution is 0.927. The largest absolute Gasteiger partial charge is 0.381 e. The van der Waals surface area contributed by atoms with Gasteiger partial charge in [0.15, 0.2) is 0 Å². The molecule has 33 heavy (non-hydrogen) atoms. The molecule has 2 rings (SSSR count). The van der Waals surface area contributed by atoms with Gasteiger partial charge in [0.2, 0.25) is 0 Å². The molecular weight excluding hydrogens is 679 g/mol. The summed E-state index contributed by atoms with van der Waals surface area (Å²) in [5.74, 6) is 0. The normalized spacial score (nSPS) is 10.4. The summed E-state index contributed by atoms with van der Waals surface area (Å²) in [6.07, 6.45) is 0. The zero-order chi connectivity index (χ0) is 25.5. The molecule has 16 heteroatoms. The first-order chi connectivity index (χ1) is 15.4. The fourth-order valence-electron chi connectivity index (χ4n) is 2.07. The SMILES string of the molecule is NCCNc1c(Cl)c(Cl)c(Cl)c(Cl)c1Cl.S=C(S)NCCNc1c(Cl)c(Cl)c(Cl)c(Cl)c1Cl. The molecule has 0 spiro atoms. The number of nitrogens with one attached hydrogen (secondary N) is 3. The Labute approximate surface area is 252 Å². The summed E-state index contributed by atoms with van der Waals surface area (Å²) in [7, 11) is 0. The smallest absolute Gasteiger partial charge is 0.130 e. The first-order valence-electron chi connectivity index (χ1n) is 8.54. The van der Waals surface area contributed by atoms with Crippen LogP contribution in [0.2, 0.25) is 50.2 Å². The van der Waals surface area contributed by atoms with E-state index in [1.165, 1.54) is 0 Å². The number of thiol groups is 1. The number of benzene rings is 2. The third kappa shape index (κ3) is 8.89. The van der Waals surface area contributed by atoms with Gasteiger partial charge in [0, 0.05) is 26.2 Å². The molecule has 0 fully saturated rings. The van der Waals surface area contributed by atoms with E-state index in [0.29, 0.717) is 41.9 Å². The van der Waals surface area contributed by atoms with Gasteiger partial charge in [-0.1, -0.05) is 128 Å². The van der Waals surface area contributed by atoms with Gasteiger partial charge < -0.3 is 21.7 Å². The van der Waals surface area contributed by atoms with E-state index >= 15 is 0 Å². The molecule has 0 bridgehead atoms. The van der Waals surface area contributed by atoms with Crippen LogP contribution in [0.3, 0.4) is 0 Å². The number of thiocarbonyl (C=S) groups is 1. The van der Waals surface area contributed by atoms with Crippen LogP contribution < -0.4 is 21.7 Å². The molecule has 0 saturated heterocycles. The van der Waals surface area contributed by atoms with Crippen molar-refractivity contribution in [2.75, 3.05) is 36.8 Å². The molecule has 0 aliphatic heterocycles. The molecule has 0 radical (unpaired) electrons. The number of nitrogens with two attached hydrogens (primary N) is 1. The minimum Gasteiger partial charge on any atom is -0.381 e. The predicted molar refractivity (Wildman–Crippen MR) is 159 cm³/mol. The standard InChI is InChI=1S/C9H7Cl5N2S2.C8H7Cl5N2/c10-3-4(11)6(13)8(7(14)5(3)12)15-1-2-16-9(17)18;9-3-4(10)6(12)8(15-2-1-14)7(13)5(3)11/h15H,1-2H2,(H2,16,17,18);15H,1-2,14H2. The molecule has 0 unspecified atom stereocenters. The lowest BCUT2D eigenvalue weighted by Crippen LogP contribution is -2.24. The first kappa shape index (κ1) is 32.2. The molecule has 0 saturated carbocycles. The van der Waals surface area contributed by atoms with E-state index in [-0.39, 0.29) is 50.2 Å². The van der Waals surface area contributed by atoms with Crippen molar-refractivity contribution in [1.82, 2.24) is 5.32 Å². The minimum atomic E-state index is 0.133. The summed E-state index contributed by atoms with van der Waals surface area (Å²) >= 11 is 67.9. The Balaban J connectivity index is 0.000000335. The second-order valence-corrected chi connectivity index (χ2v) is 10.7. The quantitative estimate of drug-likeness (QED) is 0.0658. The van der Waals surface area contributed by atoms with Crippen molar-refractivity contribution >= 4 is 157 Å². The molecular formula is C17H14Cl10N4S2. The van der Waals surface area contributed by atoms with Crippen LogP contribution in [0.4, 0.5) is 11.4 Å². The molecule has 0 aliphatic rings. The number of hydrogen-bond acceptors (Lipinski definition) is 4. The Morgan fingerprint density at radius 3 is 1.18 bits per heavy atom. The summed E-state index contributed by atoms with van der Waals surface area (Å²) in [4.78, 5) is 0. The summed E-state index contributed by atoms with van der Waals surface area (Å²) in [5, 5.41) is 10.6. The third-order valence-electron chi connectivity index (χ3n) is 3.57. The topological polar surface area (TPSA) is 62.1 Å². The van der Waals surface area contributed by atoms with Crippen molar-refractivity contribution < 1.29 is 0 Å². The van der Waals surface area contributed by atoms with Gasteiger partial charge >= 0.3 is 0 Å². The van der Waals surface area contributed by atoms with Crippen molar-refractivity contribution in [1.29, 1.82) is 0 Å². The molecule has 2 aromatic carbocycles. The molecule has 0 amide bonds. The van der Waals surface area contributed by atoms with E-state index in [2.05, 4.69) is 28.6 Å². The second-order valence-electron chi connectivity index (χ2n) is 5.76. The molecule has 2 aromatic rings. The fourth-order valence-corrected chi connectivity index (χ4v) is 4.83. The highest BCUT2D eigenvalue weighted by Crippen LogP contribution is 2.47. The van der Waals surface area contributed by atoms with E-state index in [1.807, 2.05) is 0 Å². The first-order valence-corrected chi connectivity index (χ1v) is 13.2. The highest BCUT2D eigenvalue weighted by molar-refractivity contribution is 8.11. The van der Waals surface area contributed by atoms with Crippen LogP contribution in [0.25, 0.3) is 0 Å². The maximum atomic E-state index is 6.03. The Hall–Kier alpha value is 1.14. The van der Waals surface area contributed by atoms with Gasteiger partial charge in [-0.3, -0.25) is 0 Å². The van der Waals surface area contributed by atoms with E-state index in [1.54, 1.807) is 0 Å². The highest BCUT2D eigenvalue weighted by Gasteiger charge is 2.19. The Kier molecular flexibility index (Phi) is 15.0. The summed E-state index contributed by atoms with van der Waals surface area (Å²) in [6, 6.07) is 0. The average molecular weight is 693 g/mol. The third-order valence-corrected chi connectivity index (χ3v) is 8.42. The van der Waals surface area contributed by atoms with E-state index in [0.717, 1.165) is 0 Å². The summed E-state index contributed by atoms with van der Waals surface area (Å²) < 4.78 is 0.404. The van der Waals surface area contributed by atoms with Gasteiger partial charge in [0.05, 0.1) is 61.6 Å². The monoisotopic (exact) mass is 688 g/mol. The van der Waals surface area contributed by atoms with E-state index in [4.69, 9.17) is 134 Å². The van der Waals surface area contributed by atoms with E-state index < -0.39 is 0 Å². The Morgan fingerprint density at radius 2 is 0.879 bits per heavy atom. The Bertz CT molecular complexity index is 964. The lowest BCUT2D eigenvalue weighted by Gasteiger charge is -2.14. The van der Waals surface area contributed by atoms with Crippen LogP contribution in [-0.2, 0) is 0 Å². The number of halogens is 10. The lowest BCUT2D eigenvalue weighted by atomic mass is 10.3. The van der Waals surface area contributed by atoms with Gasteiger partial charge in [0.25, 0.3) is 0 Å². The van der Waals surface area contributed by atoms with Gasteiger partial charge in [-0.2, -0.15) is 0 Å². The molecule has 0 heterocycles. The van der Waals surface area contributed by atoms with Crippen molar-refractivity contribution in [3.05, 3.63) is 50.2 Å². The maximum Gasteiger partial charge on any atom is 0.130 e. The predicted octanol–water partition coefficient (Wildman–Crippen LogP) is 9.49. The molecule has 4 nitrogen and oxygen atoms in total. The maximum absolute atomic E-state index is 6.03. The highest BCUT2D eigenvalue weighted by atomic mass is 35.5. The minimum absolute atomic E-state index is 0.133. The number of rotatable bonds is 7. The summed E-state index contributed by atoms with van der Waals surface area (Å²) in [5.41, 5.74) is 6.22. The average Bonchev–Trinajstić information content (AvgIpc) is 2.78. The van der Waals surface area contributed by atoms with Crippen molar-refractivity contribution in [2.45, 2.75) is 0 Å². The van der Waals surface area contributed by atoms with Gasteiger partial charge in [0.1, 0.15) is 4.32 Å². The number of anilines is 2. The zero-order valence-electron chi connectivity index (χ0n) is 16.0. The molecule has 0 aromatic heterocycles. The van der Waals surface area contributed by atoms with Crippen LogP contribution in [0, 0.1) is 0 Å². The Morgan fingerprint density at radius 1 is 0.576 bits per heavy atom. The molecule has 184 valence electrons. The van der Waals surface area contributed by atoms with Gasteiger partial charge in [-0.05, 0) is 0 Å². The van der Waals surface area contributed by atoms with Crippen molar-refractivity contribution in [3.63, 3.8) is 0 Å². The van der Waals surface area contributed by atoms with Crippen LogP contribution in [0.1, 0.15) is 0 Å². The molecule has 5 N–H and O–H groups in total. The summed E-state index contributed by atoms with van der Waals surface area (Å²) in [6.45, 7) is 2.00. The van der Waals surface area contributed by atoms with Crippen molar-refractivity contribution in [2.24, 2.45) is 5.73 Å². The van der Waals surface area contributed by atoms with E-state index in [9.17, 15) is 0 Å². The second kappa shape index (κ2) is 15.4. The molecule has 0 atom stereocenters. The van der Waals surface area contributed by atoms with Gasteiger partial charge in [-0.15, -0.1) is 12.6 Å². The van der Waals surface area contributed by atoms with Crippen LogP contribution in [-0.4, -0.2) is 30.5 Å². The zero-order valence-corrected chi connectivity index (χ0v) is 25.3. The number of hydrogen-bond donors (Lipinski definition) is 5. The fraction of sp³-hybridized carbons (Fsp3) is 0.235. The van der Waals surface area contributed by atoms with Crippen LogP contribution >= 0.6 is 141 Å². The van der Waals surface area contributed by atoms with Crippen LogP contribution in [0.15, 0.2) is 0 Å². The molecule has 0 aliphatic carbocycles. The van der Waals surface area contributed by atoms with Crippen LogP contribution in [0.5, 0.6) is 0 Å². The van der Waals surface area contributed by atoms with Crippen molar-refractivity contribution in [3.8, 4) is 0 Å².